The van der Waals surface area contributed by atoms with E-state index in [1.807, 2.05) is 115 Å². The lowest BCUT2D eigenvalue weighted by Crippen LogP contribution is -2.04. The molecule has 0 aromatic heterocycles. The van der Waals surface area contributed by atoms with E-state index in [0.29, 0.717) is 0 Å². The summed E-state index contributed by atoms with van der Waals surface area (Å²) in [6.07, 6.45) is 0. The van der Waals surface area contributed by atoms with E-state index in [1.165, 1.54) is 0 Å². The fraction of sp³-hybridized carbons (Fsp3) is 0.0323. The van der Waals surface area contributed by atoms with Crippen molar-refractivity contribution in [1.29, 1.82) is 0 Å². The van der Waals surface area contributed by atoms with Gasteiger partial charge in [-0.2, -0.15) is 0 Å². The van der Waals surface area contributed by atoms with Gasteiger partial charge in [0.05, 0.1) is 0 Å². The Kier molecular flexibility index (Phi) is 5.65. The first-order chi connectivity index (χ1) is 16.2. The van der Waals surface area contributed by atoms with E-state index in [4.69, 9.17) is 0 Å². The van der Waals surface area contributed by atoms with Gasteiger partial charge >= 0.3 is 0 Å². The van der Waals surface area contributed by atoms with Crippen molar-refractivity contribution in [1.82, 2.24) is 0 Å². The molecule has 0 saturated carbocycles. The van der Waals surface area contributed by atoms with E-state index in [9.17, 15) is 10.2 Å². The number of rotatable bonds is 5. The Balaban J connectivity index is 1.61. The minimum absolute atomic E-state index is 0.205. The first kappa shape index (κ1) is 20.6. The molecule has 0 heterocycles. The lowest BCUT2D eigenvalue weighted by Gasteiger charge is -2.22. The molecule has 0 saturated heterocycles. The maximum absolute atomic E-state index is 11.1. The Labute approximate surface area is 194 Å². The van der Waals surface area contributed by atoms with Crippen LogP contribution in [-0.4, -0.2) is 10.2 Å². The zero-order chi connectivity index (χ0) is 22.6. The van der Waals surface area contributed by atoms with Crippen LogP contribution in [0.4, 0.5) is 0 Å². The van der Waals surface area contributed by atoms with Crippen LogP contribution in [0, 0.1) is 0 Å². The summed E-state index contributed by atoms with van der Waals surface area (Å²) < 4.78 is 0. The van der Waals surface area contributed by atoms with Gasteiger partial charge in [0.1, 0.15) is 11.5 Å². The molecule has 2 N–H and O–H groups in total. The highest BCUT2D eigenvalue weighted by Gasteiger charge is 2.23. The molecular formula is C31H24O2. The van der Waals surface area contributed by atoms with E-state index in [0.717, 1.165) is 38.9 Å². The van der Waals surface area contributed by atoms with Crippen LogP contribution in [0.1, 0.15) is 22.6 Å². The first-order valence-corrected chi connectivity index (χ1v) is 11.0. The zero-order valence-electron chi connectivity index (χ0n) is 18.1. The van der Waals surface area contributed by atoms with Crippen molar-refractivity contribution >= 4 is 0 Å². The van der Waals surface area contributed by atoms with Gasteiger partial charge in [-0.05, 0) is 39.9 Å². The summed E-state index contributed by atoms with van der Waals surface area (Å²) in [6, 6.07) is 41.5. The monoisotopic (exact) mass is 428 g/mol. The second-order valence-corrected chi connectivity index (χ2v) is 8.12. The number of aromatic hydroxyl groups is 2. The summed E-state index contributed by atoms with van der Waals surface area (Å²) in [7, 11) is 0. The molecule has 0 aliphatic carbocycles. The molecule has 0 atom stereocenters. The fourth-order valence-electron chi connectivity index (χ4n) is 4.37. The molecule has 0 amide bonds. The predicted octanol–water partition coefficient (Wildman–Crippen LogP) is 7.61. The molecule has 0 fully saturated rings. The molecule has 33 heavy (non-hydrogen) atoms. The zero-order valence-corrected chi connectivity index (χ0v) is 18.1. The van der Waals surface area contributed by atoms with Crippen molar-refractivity contribution in [3.8, 4) is 33.8 Å². The van der Waals surface area contributed by atoms with Crippen LogP contribution in [0.25, 0.3) is 22.3 Å². The average Bonchev–Trinajstić information content (AvgIpc) is 2.87. The fourth-order valence-corrected chi connectivity index (χ4v) is 4.37. The molecule has 5 aromatic carbocycles. The molecule has 5 aromatic rings. The molecule has 0 radical (unpaired) electrons. The molecule has 0 bridgehead atoms. The van der Waals surface area contributed by atoms with Crippen molar-refractivity contribution in [3.05, 3.63) is 144 Å². The van der Waals surface area contributed by atoms with Crippen LogP contribution in [-0.2, 0) is 0 Å². The van der Waals surface area contributed by atoms with Gasteiger partial charge in [-0.1, -0.05) is 115 Å². The highest BCUT2D eigenvalue weighted by atomic mass is 16.3. The third-order valence-corrected chi connectivity index (χ3v) is 6.03. The highest BCUT2D eigenvalue weighted by Crippen LogP contribution is 2.42. The molecule has 2 nitrogen and oxygen atoms in total. The van der Waals surface area contributed by atoms with Gasteiger partial charge in [0.15, 0.2) is 0 Å². The second-order valence-electron chi connectivity index (χ2n) is 8.12. The maximum atomic E-state index is 11.1. The van der Waals surface area contributed by atoms with Gasteiger partial charge in [-0.25, -0.2) is 0 Å². The van der Waals surface area contributed by atoms with Crippen LogP contribution in [0.2, 0.25) is 0 Å². The summed E-state index contributed by atoms with van der Waals surface area (Å²) in [5.74, 6) is 0.106. The van der Waals surface area contributed by atoms with Crippen LogP contribution in [0.3, 0.4) is 0 Å². The van der Waals surface area contributed by atoms with Crippen LogP contribution in [0.5, 0.6) is 11.5 Å². The highest BCUT2D eigenvalue weighted by molar-refractivity contribution is 5.69. The predicted molar refractivity (Wildman–Crippen MR) is 134 cm³/mol. The van der Waals surface area contributed by atoms with Crippen molar-refractivity contribution < 1.29 is 10.2 Å². The summed E-state index contributed by atoms with van der Waals surface area (Å²) in [5.41, 5.74) is 6.51. The molecule has 5 rings (SSSR count). The quantitative estimate of drug-likeness (QED) is 0.283. The molecule has 160 valence electrons. The second kappa shape index (κ2) is 9.05. The summed E-state index contributed by atoms with van der Waals surface area (Å²) in [6.45, 7) is 0. The lowest BCUT2D eigenvalue weighted by atomic mass is 9.83. The largest absolute Gasteiger partial charge is 0.508 e. The Hall–Kier alpha value is -4.30. The van der Waals surface area contributed by atoms with Gasteiger partial charge in [0.25, 0.3) is 0 Å². The van der Waals surface area contributed by atoms with Gasteiger partial charge in [-0.15, -0.1) is 0 Å². The third-order valence-electron chi connectivity index (χ3n) is 6.03. The Morgan fingerprint density at radius 2 is 0.788 bits per heavy atom. The average molecular weight is 429 g/mol. The number of benzene rings is 5. The maximum Gasteiger partial charge on any atom is 0.120 e. The summed E-state index contributed by atoms with van der Waals surface area (Å²) >= 11 is 0. The normalized spacial score (nSPS) is 10.9. The lowest BCUT2D eigenvalue weighted by molar-refractivity contribution is 0.459. The van der Waals surface area contributed by atoms with Gasteiger partial charge < -0.3 is 10.2 Å². The van der Waals surface area contributed by atoms with Crippen molar-refractivity contribution in [2.45, 2.75) is 5.92 Å². The summed E-state index contributed by atoms with van der Waals surface area (Å²) in [5, 5.41) is 22.2. The standard InChI is InChI=1S/C31H24O2/c32-29-20-25(22-10-4-1-5-11-22)16-18-27(29)31(24-14-8-3-9-15-24)28-19-17-26(21-30(28)33)23-12-6-2-7-13-23/h1-21,31-33H. The number of phenolic OH excluding ortho intramolecular Hbond substituents is 2. The van der Waals surface area contributed by atoms with Crippen LogP contribution < -0.4 is 0 Å². The van der Waals surface area contributed by atoms with E-state index in [2.05, 4.69) is 0 Å². The molecule has 0 spiro atoms. The number of hydrogen-bond acceptors (Lipinski definition) is 2. The van der Waals surface area contributed by atoms with Gasteiger partial charge in [0, 0.05) is 17.0 Å². The first-order valence-electron chi connectivity index (χ1n) is 11.0. The molecule has 0 aliphatic heterocycles. The SMILES string of the molecule is Oc1cc(-c2ccccc2)ccc1C(c1ccccc1)c1ccc(-c2ccccc2)cc1O. The van der Waals surface area contributed by atoms with Crippen LogP contribution in [0.15, 0.2) is 127 Å². The molecule has 0 unspecified atom stereocenters. The topological polar surface area (TPSA) is 40.5 Å². The molecule has 0 aliphatic rings. The molecule has 2 heteroatoms. The molecular weight excluding hydrogens is 404 g/mol. The minimum Gasteiger partial charge on any atom is -0.508 e. The van der Waals surface area contributed by atoms with Crippen molar-refractivity contribution in [3.63, 3.8) is 0 Å². The number of hydrogen-bond donors (Lipinski definition) is 2. The van der Waals surface area contributed by atoms with Crippen molar-refractivity contribution in [2.75, 3.05) is 0 Å². The Bertz CT molecular complexity index is 1270. The Morgan fingerprint density at radius 3 is 1.18 bits per heavy atom. The van der Waals surface area contributed by atoms with E-state index >= 15 is 0 Å². The Morgan fingerprint density at radius 1 is 0.394 bits per heavy atom. The van der Waals surface area contributed by atoms with E-state index in [-0.39, 0.29) is 17.4 Å². The summed E-state index contributed by atoms with van der Waals surface area (Å²) in [4.78, 5) is 0. The third kappa shape index (κ3) is 4.24. The van der Waals surface area contributed by atoms with E-state index in [1.54, 1.807) is 12.1 Å². The van der Waals surface area contributed by atoms with Crippen molar-refractivity contribution in [2.24, 2.45) is 0 Å². The smallest absolute Gasteiger partial charge is 0.120 e. The van der Waals surface area contributed by atoms with E-state index < -0.39 is 0 Å². The van der Waals surface area contributed by atoms with Crippen LogP contribution >= 0.6 is 0 Å². The van der Waals surface area contributed by atoms with Gasteiger partial charge in [0.2, 0.25) is 0 Å². The number of phenols is 2. The van der Waals surface area contributed by atoms with Gasteiger partial charge in [-0.3, -0.25) is 0 Å². The minimum atomic E-state index is -0.305.